The van der Waals surface area contributed by atoms with Crippen molar-refractivity contribution in [1.82, 2.24) is 15.4 Å². The van der Waals surface area contributed by atoms with Crippen molar-refractivity contribution in [3.63, 3.8) is 0 Å². The van der Waals surface area contributed by atoms with Crippen LogP contribution in [0.15, 0.2) is 36.5 Å². The molecule has 0 saturated heterocycles. The Balaban J connectivity index is 1.98. The number of anilines is 1. The summed E-state index contributed by atoms with van der Waals surface area (Å²) in [5, 5.41) is 0. The fourth-order valence-corrected chi connectivity index (χ4v) is 2.53. The Hall–Kier alpha value is -2.47. The zero-order valence-electron chi connectivity index (χ0n) is 12.2. The van der Waals surface area contributed by atoms with E-state index in [-0.39, 0.29) is 17.7 Å². The van der Waals surface area contributed by atoms with Crippen LogP contribution in [0.3, 0.4) is 0 Å². The van der Waals surface area contributed by atoms with Gasteiger partial charge in [0.25, 0.3) is 0 Å². The zero-order valence-corrected chi connectivity index (χ0v) is 12.2. The van der Waals surface area contributed by atoms with Crippen LogP contribution in [0.4, 0.5) is 10.3 Å². The molecule has 1 heterocycles. The summed E-state index contributed by atoms with van der Waals surface area (Å²) in [7, 11) is 0. The number of nitrogens with one attached hydrogen (secondary N) is 1. The van der Waals surface area contributed by atoms with Crippen LogP contribution >= 0.6 is 0 Å². The van der Waals surface area contributed by atoms with Gasteiger partial charge in [-0.1, -0.05) is 18.2 Å². The molecular weight excluding hydrogens is 283 g/mol. The number of hydrogen-bond donors (Lipinski definition) is 2. The summed E-state index contributed by atoms with van der Waals surface area (Å²) >= 11 is 0. The number of nitrogens with zero attached hydrogens (tertiary/aromatic N) is 2. The maximum absolute atomic E-state index is 13.1. The number of halogens is 1. The first-order chi connectivity index (χ1) is 10.7. The number of rotatable bonds is 4. The van der Waals surface area contributed by atoms with Gasteiger partial charge in [-0.05, 0) is 24.6 Å². The second-order valence-electron chi connectivity index (χ2n) is 5.07. The van der Waals surface area contributed by atoms with Gasteiger partial charge in [0.05, 0.1) is 18.0 Å². The lowest BCUT2D eigenvalue weighted by Crippen LogP contribution is -2.21. The van der Waals surface area contributed by atoms with Gasteiger partial charge in [0.2, 0.25) is 5.95 Å². The lowest BCUT2D eigenvalue weighted by Gasteiger charge is -2.24. The second kappa shape index (κ2) is 6.11. The van der Waals surface area contributed by atoms with E-state index in [4.69, 9.17) is 10.6 Å². The van der Waals surface area contributed by atoms with Crippen LogP contribution < -0.4 is 11.2 Å². The first-order valence-electron chi connectivity index (χ1n) is 7.14. The van der Waals surface area contributed by atoms with Crippen LogP contribution in [0.25, 0.3) is 5.70 Å². The summed E-state index contributed by atoms with van der Waals surface area (Å²) in [6.45, 7) is 2.43. The molecule has 0 fully saturated rings. The first kappa shape index (κ1) is 14.5. The monoisotopic (exact) mass is 300 g/mol. The molecule has 3 rings (SSSR count). The third-order valence-corrected chi connectivity index (χ3v) is 3.58. The minimum atomic E-state index is -0.247. The van der Waals surface area contributed by atoms with E-state index < -0.39 is 0 Å². The largest absolute Gasteiger partial charge is 0.368 e. The standard InChI is InChI=1S/C16H17FN4O/c1-2-22-21-15-8-11(10-3-5-12(17)6-4-10)7-14-13(15)9-19-16(18)20-14/h3-6,8-9,11,21H,2,7H2,1H3,(H2,18,19,20). The fourth-order valence-electron chi connectivity index (χ4n) is 2.53. The predicted molar refractivity (Wildman–Crippen MR) is 82.0 cm³/mol. The Bertz CT molecular complexity index is 700. The number of nitrogens with two attached hydrogens (primary N) is 1. The number of nitrogen functional groups attached to an aromatic ring is 1. The van der Waals surface area contributed by atoms with Crippen molar-refractivity contribution in [3.8, 4) is 0 Å². The summed E-state index contributed by atoms with van der Waals surface area (Å²) in [4.78, 5) is 13.7. The zero-order chi connectivity index (χ0) is 15.5. The third-order valence-electron chi connectivity index (χ3n) is 3.58. The Labute approximate surface area is 128 Å². The molecule has 1 aliphatic carbocycles. The van der Waals surface area contributed by atoms with Gasteiger partial charge in [-0.25, -0.2) is 14.4 Å². The van der Waals surface area contributed by atoms with Crippen LogP contribution in [0.1, 0.15) is 29.7 Å². The van der Waals surface area contributed by atoms with Gasteiger partial charge in [-0.2, -0.15) is 0 Å². The van der Waals surface area contributed by atoms with Crippen molar-refractivity contribution < 1.29 is 9.23 Å². The number of benzene rings is 1. The molecular formula is C16H17FN4O. The van der Waals surface area contributed by atoms with E-state index >= 15 is 0 Å². The Morgan fingerprint density at radius 3 is 2.86 bits per heavy atom. The molecule has 3 N–H and O–H groups in total. The summed E-state index contributed by atoms with van der Waals surface area (Å²) in [5.74, 6) is 0.0720. The Kier molecular flexibility index (Phi) is 4.02. The van der Waals surface area contributed by atoms with Crippen LogP contribution in [0.2, 0.25) is 0 Å². The van der Waals surface area contributed by atoms with Crippen molar-refractivity contribution in [1.29, 1.82) is 0 Å². The summed E-state index contributed by atoms with van der Waals surface area (Å²) in [6, 6.07) is 6.49. The molecule has 1 aromatic carbocycles. The van der Waals surface area contributed by atoms with Crippen molar-refractivity contribution in [2.45, 2.75) is 19.3 Å². The molecule has 0 amide bonds. The van der Waals surface area contributed by atoms with Crippen LogP contribution in [-0.2, 0) is 11.3 Å². The lowest BCUT2D eigenvalue weighted by atomic mass is 9.87. The lowest BCUT2D eigenvalue weighted by molar-refractivity contribution is 0.0894. The molecule has 2 aromatic rings. The molecule has 1 atom stereocenters. The minimum Gasteiger partial charge on any atom is -0.368 e. The second-order valence-corrected chi connectivity index (χ2v) is 5.07. The molecule has 0 saturated carbocycles. The SMILES string of the molecule is CCONC1=CC(c2ccc(F)cc2)Cc2nc(N)ncc21. The molecule has 0 radical (unpaired) electrons. The minimum absolute atomic E-state index is 0.0744. The van der Waals surface area contributed by atoms with E-state index in [0.29, 0.717) is 13.0 Å². The van der Waals surface area contributed by atoms with E-state index in [9.17, 15) is 4.39 Å². The number of hydrogen-bond acceptors (Lipinski definition) is 5. The normalized spacial score (nSPS) is 16.8. The van der Waals surface area contributed by atoms with Crippen LogP contribution in [0, 0.1) is 5.82 Å². The van der Waals surface area contributed by atoms with E-state index in [0.717, 1.165) is 22.5 Å². The summed E-state index contributed by atoms with van der Waals surface area (Å²) in [6.07, 6.45) is 4.42. The molecule has 0 spiro atoms. The molecule has 0 aliphatic heterocycles. The average molecular weight is 300 g/mol. The average Bonchev–Trinajstić information content (AvgIpc) is 2.52. The molecule has 5 nitrogen and oxygen atoms in total. The van der Waals surface area contributed by atoms with Gasteiger partial charge >= 0.3 is 0 Å². The van der Waals surface area contributed by atoms with Gasteiger partial charge < -0.3 is 5.73 Å². The molecule has 1 aliphatic rings. The number of hydroxylamine groups is 1. The van der Waals surface area contributed by atoms with Gasteiger partial charge in [-0.3, -0.25) is 10.3 Å². The summed E-state index contributed by atoms with van der Waals surface area (Å²) < 4.78 is 13.1. The molecule has 114 valence electrons. The predicted octanol–water partition coefficient (Wildman–Crippen LogP) is 2.42. The van der Waals surface area contributed by atoms with Gasteiger partial charge in [0, 0.05) is 24.1 Å². The topological polar surface area (TPSA) is 73.1 Å². The van der Waals surface area contributed by atoms with Crippen molar-refractivity contribution in [3.05, 3.63) is 59.2 Å². The van der Waals surface area contributed by atoms with E-state index in [1.165, 1.54) is 12.1 Å². The van der Waals surface area contributed by atoms with Crippen molar-refractivity contribution >= 4 is 11.6 Å². The highest BCUT2D eigenvalue weighted by molar-refractivity contribution is 5.68. The highest BCUT2D eigenvalue weighted by atomic mass is 19.1. The first-order valence-corrected chi connectivity index (χ1v) is 7.14. The number of fused-ring (bicyclic) bond motifs is 1. The van der Waals surface area contributed by atoms with E-state index in [1.807, 2.05) is 13.0 Å². The highest BCUT2D eigenvalue weighted by Gasteiger charge is 2.23. The highest BCUT2D eigenvalue weighted by Crippen LogP contribution is 2.32. The maximum Gasteiger partial charge on any atom is 0.220 e. The van der Waals surface area contributed by atoms with Crippen molar-refractivity contribution in [2.24, 2.45) is 0 Å². The molecule has 0 bridgehead atoms. The molecule has 1 unspecified atom stereocenters. The van der Waals surface area contributed by atoms with Gasteiger partial charge in [-0.15, -0.1) is 0 Å². The smallest absolute Gasteiger partial charge is 0.220 e. The molecule has 1 aromatic heterocycles. The molecule has 22 heavy (non-hydrogen) atoms. The van der Waals surface area contributed by atoms with Crippen molar-refractivity contribution in [2.75, 3.05) is 12.3 Å². The van der Waals surface area contributed by atoms with E-state index in [2.05, 4.69) is 15.4 Å². The van der Waals surface area contributed by atoms with E-state index in [1.54, 1.807) is 18.3 Å². The quantitative estimate of drug-likeness (QED) is 0.848. The van der Waals surface area contributed by atoms with Crippen LogP contribution in [-0.4, -0.2) is 16.6 Å². The third kappa shape index (κ3) is 2.92. The fraction of sp³-hybridized carbons (Fsp3) is 0.250. The maximum atomic E-state index is 13.1. The molecule has 6 heteroatoms. The van der Waals surface area contributed by atoms with Gasteiger partial charge in [0.15, 0.2) is 0 Å². The van der Waals surface area contributed by atoms with Gasteiger partial charge in [0.1, 0.15) is 5.82 Å². The number of allylic oxidation sites excluding steroid dienone is 1. The van der Waals surface area contributed by atoms with Crippen LogP contribution in [0.5, 0.6) is 0 Å². The summed E-state index contributed by atoms with van der Waals surface area (Å²) in [5.41, 5.74) is 12.2. The number of aromatic nitrogens is 2. The Morgan fingerprint density at radius 1 is 1.36 bits per heavy atom. The Morgan fingerprint density at radius 2 is 2.14 bits per heavy atom.